The van der Waals surface area contributed by atoms with Crippen molar-refractivity contribution >= 4 is 17.7 Å². The zero-order chi connectivity index (χ0) is 13.3. The van der Waals surface area contributed by atoms with Crippen LogP contribution in [0.4, 0.5) is 0 Å². The van der Waals surface area contributed by atoms with Crippen molar-refractivity contribution in [1.29, 1.82) is 0 Å². The van der Waals surface area contributed by atoms with Crippen LogP contribution in [0.1, 0.15) is 36.8 Å². The lowest BCUT2D eigenvalue weighted by molar-refractivity contribution is 0.397. The number of nitrogens with zero attached hydrogens (tertiary/aromatic N) is 1. The third kappa shape index (κ3) is 1.88. The molecule has 4 nitrogen and oxygen atoms in total. The molecular weight excluding hydrogens is 254 g/mol. The van der Waals surface area contributed by atoms with Gasteiger partial charge in [0.1, 0.15) is 5.54 Å². The number of aliphatic imine (C=N–C) groups is 1. The molecule has 0 unspecified atom stereocenters. The Bertz CT molecular complexity index is 530. The molecule has 0 aliphatic heterocycles. The van der Waals surface area contributed by atoms with Gasteiger partial charge in [0.2, 0.25) is 6.08 Å². The Morgan fingerprint density at radius 1 is 1.39 bits per heavy atom. The van der Waals surface area contributed by atoms with E-state index in [1.807, 2.05) is 0 Å². The molecule has 1 aromatic rings. The van der Waals surface area contributed by atoms with Gasteiger partial charge in [-0.2, -0.15) is 4.99 Å². The number of halogens is 1. The maximum Gasteiger partial charge on any atom is 0.235 e. The maximum absolute atomic E-state index is 10.7. The summed E-state index contributed by atoms with van der Waals surface area (Å²) >= 11 is 6.11. The SMILES string of the molecule is Cc1cc(O)c(O)c(Cl)c1C1(N=C=O)CCCC1. The Balaban J connectivity index is 2.69. The van der Waals surface area contributed by atoms with Gasteiger partial charge in [0, 0.05) is 5.56 Å². The highest BCUT2D eigenvalue weighted by Crippen LogP contribution is 2.50. The third-order valence-corrected chi connectivity index (χ3v) is 3.94. The highest BCUT2D eigenvalue weighted by Gasteiger charge is 2.39. The average Bonchev–Trinajstić information content (AvgIpc) is 2.76. The van der Waals surface area contributed by atoms with Crippen LogP contribution in [0.25, 0.3) is 0 Å². The summed E-state index contributed by atoms with van der Waals surface area (Å²) in [5, 5.41) is 19.3. The van der Waals surface area contributed by atoms with Crippen LogP contribution in [0.15, 0.2) is 11.1 Å². The molecule has 0 saturated heterocycles. The second-order valence-electron chi connectivity index (χ2n) is 4.69. The predicted octanol–water partition coefficient (Wildman–Crippen LogP) is 3.16. The Labute approximate surface area is 110 Å². The van der Waals surface area contributed by atoms with Gasteiger partial charge in [-0.25, -0.2) is 4.79 Å². The molecule has 0 atom stereocenters. The first-order valence-corrected chi connectivity index (χ1v) is 6.20. The van der Waals surface area contributed by atoms with E-state index in [2.05, 4.69) is 4.99 Å². The molecule has 0 radical (unpaired) electrons. The number of hydrogen-bond donors (Lipinski definition) is 2. The fourth-order valence-electron chi connectivity index (χ4n) is 2.79. The molecule has 0 heterocycles. The lowest BCUT2D eigenvalue weighted by Crippen LogP contribution is -2.21. The molecule has 1 fully saturated rings. The van der Waals surface area contributed by atoms with Gasteiger partial charge in [0.25, 0.3) is 0 Å². The molecule has 1 saturated carbocycles. The van der Waals surface area contributed by atoms with Crippen LogP contribution < -0.4 is 0 Å². The van der Waals surface area contributed by atoms with Gasteiger partial charge < -0.3 is 10.2 Å². The third-order valence-electron chi connectivity index (χ3n) is 3.57. The first kappa shape index (κ1) is 12.9. The predicted molar refractivity (Wildman–Crippen MR) is 67.8 cm³/mol. The topological polar surface area (TPSA) is 69.9 Å². The molecule has 0 bridgehead atoms. The molecule has 18 heavy (non-hydrogen) atoms. The van der Waals surface area contributed by atoms with E-state index < -0.39 is 5.54 Å². The van der Waals surface area contributed by atoms with Gasteiger partial charge in [0.15, 0.2) is 11.5 Å². The van der Waals surface area contributed by atoms with Crippen molar-refractivity contribution in [2.45, 2.75) is 38.1 Å². The second kappa shape index (κ2) is 4.63. The largest absolute Gasteiger partial charge is 0.504 e. The number of hydrogen-bond acceptors (Lipinski definition) is 4. The first-order valence-electron chi connectivity index (χ1n) is 5.82. The summed E-state index contributed by atoms with van der Waals surface area (Å²) < 4.78 is 0. The number of isocyanates is 1. The average molecular weight is 268 g/mol. The standard InChI is InChI=1S/C13H14ClNO3/c1-8-6-9(17)12(18)11(14)10(8)13(15-7-16)4-2-3-5-13/h6,17-18H,2-5H2,1H3. The minimum atomic E-state index is -0.700. The molecule has 2 N–H and O–H groups in total. The van der Waals surface area contributed by atoms with Crippen molar-refractivity contribution < 1.29 is 15.0 Å². The molecule has 5 heteroatoms. The summed E-state index contributed by atoms with van der Waals surface area (Å²) in [5.74, 6) is -0.617. The van der Waals surface area contributed by atoms with Crippen LogP contribution in [0, 0.1) is 6.92 Å². The van der Waals surface area contributed by atoms with Crippen LogP contribution in [-0.2, 0) is 10.3 Å². The van der Waals surface area contributed by atoms with Crippen molar-refractivity contribution in [2.24, 2.45) is 4.99 Å². The lowest BCUT2D eigenvalue weighted by atomic mass is 9.85. The van der Waals surface area contributed by atoms with Gasteiger partial charge in [-0.3, -0.25) is 0 Å². The second-order valence-corrected chi connectivity index (χ2v) is 5.07. The van der Waals surface area contributed by atoms with Crippen molar-refractivity contribution in [1.82, 2.24) is 0 Å². The minimum absolute atomic E-state index is 0.0772. The molecule has 0 spiro atoms. The van der Waals surface area contributed by atoms with Crippen LogP contribution in [0.3, 0.4) is 0 Å². The van der Waals surface area contributed by atoms with Gasteiger partial charge >= 0.3 is 0 Å². The normalized spacial score (nSPS) is 17.4. The molecule has 1 aliphatic rings. The summed E-state index contributed by atoms with van der Waals surface area (Å²) in [6, 6.07) is 1.44. The van der Waals surface area contributed by atoms with Gasteiger partial charge in [-0.15, -0.1) is 0 Å². The number of rotatable bonds is 2. The van der Waals surface area contributed by atoms with E-state index in [0.29, 0.717) is 18.4 Å². The number of aromatic hydroxyl groups is 2. The van der Waals surface area contributed by atoms with Crippen molar-refractivity contribution in [3.05, 3.63) is 22.2 Å². The number of aryl methyl sites for hydroxylation is 1. The van der Waals surface area contributed by atoms with Gasteiger partial charge in [-0.05, 0) is 31.4 Å². The van der Waals surface area contributed by atoms with Crippen LogP contribution in [0.2, 0.25) is 5.02 Å². The van der Waals surface area contributed by atoms with Gasteiger partial charge in [0.05, 0.1) is 5.02 Å². The monoisotopic (exact) mass is 267 g/mol. The molecule has 0 aromatic heterocycles. The van der Waals surface area contributed by atoms with Crippen LogP contribution in [0.5, 0.6) is 11.5 Å². The Kier molecular flexibility index (Phi) is 3.33. The number of phenols is 2. The molecule has 1 aromatic carbocycles. The molecule has 2 rings (SSSR count). The Morgan fingerprint density at radius 3 is 2.56 bits per heavy atom. The minimum Gasteiger partial charge on any atom is -0.504 e. The number of benzene rings is 1. The Morgan fingerprint density at radius 2 is 2.00 bits per heavy atom. The van der Waals surface area contributed by atoms with E-state index >= 15 is 0 Å². The number of carbonyl (C=O) groups excluding carboxylic acids is 1. The van der Waals surface area contributed by atoms with E-state index in [0.717, 1.165) is 18.4 Å². The van der Waals surface area contributed by atoms with Crippen LogP contribution in [-0.4, -0.2) is 16.3 Å². The smallest absolute Gasteiger partial charge is 0.235 e. The number of phenolic OH excluding ortho intramolecular Hbond substituents is 2. The summed E-state index contributed by atoms with van der Waals surface area (Å²) in [4.78, 5) is 14.6. The Hall–Kier alpha value is -1.51. The maximum atomic E-state index is 10.7. The highest BCUT2D eigenvalue weighted by atomic mass is 35.5. The molecule has 0 amide bonds. The van der Waals surface area contributed by atoms with E-state index in [1.165, 1.54) is 6.07 Å². The fourth-order valence-corrected chi connectivity index (χ4v) is 3.21. The lowest BCUT2D eigenvalue weighted by Gasteiger charge is -2.26. The fraction of sp³-hybridized carbons (Fsp3) is 0.462. The zero-order valence-corrected chi connectivity index (χ0v) is 10.8. The van der Waals surface area contributed by atoms with E-state index in [4.69, 9.17) is 11.6 Å². The van der Waals surface area contributed by atoms with Crippen molar-refractivity contribution in [3.63, 3.8) is 0 Å². The summed E-state index contributed by atoms with van der Waals surface area (Å²) in [5.41, 5.74) is 0.644. The van der Waals surface area contributed by atoms with Crippen LogP contribution >= 0.6 is 11.6 Å². The van der Waals surface area contributed by atoms with Gasteiger partial charge in [-0.1, -0.05) is 24.4 Å². The quantitative estimate of drug-likeness (QED) is 0.491. The highest BCUT2D eigenvalue weighted by molar-refractivity contribution is 6.33. The summed E-state index contributed by atoms with van der Waals surface area (Å²) in [6.45, 7) is 1.78. The van der Waals surface area contributed by atoms with E-state index in [9.17, 15) is 15.0 Å². The zero-order valence-electron chi connectivity index (χ0n) is 10.0. The molecule has 96 valence electrons. The van der Waals surface area contributed by atoms with Crippen molar-refractivity contribution in [3.8, 4) is 11.5 Å². The summed E-state index contributed by atoms with van der Waals surface area (Å²) in [6.07, 6.45) is 4.91. The summed E-state index contributed by atoms with van der Waals surface area (Å²) in [7, 11) is 0. The molecular formula is C13H14ClNO3. The van der Waals surface area contributed by atoms with E-state index in [1.54, 1.807) is 13.0 Å². The first-order chi connectivity index (χ1) is 8.52. The van der Waals surface area contributed by atoms with E-state index in [-0.39, 0.29) is 16.5 Å². The molecule has 1 aliphatic carbocycles. The van der Waals surface area contributed by atoms with Crippen molar-refractivity contribution in [2.75, 3.05) is 0 Å².